The highest BCUT2D eigenvalue weighted by Gasteiger charge is 2.34. The summed E-state index contributed by atoms with van der Waals surface area (Å²) in [6.45, 7) is -0.732. The van der Waals surface area contributed by atoms with Crippen LogP contribution >= 0.6 is 22.6 Å². The Morgan fingerprint density at radius 2 is 2.03 bits per heavy atom. The lowest BCUT2D eigenvalue weighted by Crippen LogP contribution is -2.30. The van der Waals surface area contributed by atoms with Crippen LogP contribution in [0.2, 0.25) is 0 Å². The van der Waals surface area contributed by atoms with Crippen molar-refractivity contribution >= 4 is 46.6 Å². The first-order valence-electron chi connectivity index (χ1n) is 8.60. The van der Waals surface area contributed by atoms with Crippen LogP contribution in [-0.4, -0.2) is 41.6 Å². The number of carboxylic acid groups (broad SMARTS) is 1. The van der Waals surface area contributed by atoms with Gasteiger partial charge in [-0.1, -0.05) is 18.2 Å². The number of carbonyl (C=O) groups excluding carboxylic acids is 2. The van der Waals surface area contributed by atoms with Crippen LogP contribution in [0.25, 0.3) is 6.08 Å². The Bertz CT molecular complexity index is 1060. The number of urea groups is 1. The number of hydrogen-bond donors (Lipinski definition) is 2. The summed E-state index contributed by atoms with van der Waals surface area (Å²) in [6.07, 6.45) is 1.45. The molecule has 0 unspecified atom stereocenters. The fourth-order valence-corrected chi connectivity index (χ4v) is 3.56. The quantitative estimate of drug-likeness (QED) is 0.327. The Hall–Kier alpha value is -3.15. The van der Waals surface area contributed by atoms with Gasteiger partial charge in [0.05, 0.1) is 17.2 Å². The molecule has 1 aliphatic rings. The van der Waals surface area contributed by atoms with Crippen molar-refractivity contribution in [1.29, 1.82) is 0 Å². The first-order valence-corrected chi connectivity index (χ1v) is 9.68. The highest BCUT2D eigenvalue weighted by molar-refractivity contribution is 14.1. The predicted octanol–water partition coefficient (Wildman–Crippen LogP) is 3.00. The number of amides is 3. The maximum Gasteiger partial charge on any atom is 0.341 e. The van der Waals surface area contributed by atoms with Gasteiger partial charge in [0.2, 0.25) is 0 Å². The first-order chi connectivity index (χ1) is 14.3. The average Bonchev–Trinajstić information content (AvgIpc) is 2.95. The van der Waals surface area contributed by atoms with Crippen molar-refractivity contribution in [3.05, 3.63) is 62.6 Å². The van der Waals surface area contributed by atoms with Crippen molar-refractivity contribution in [2.24, 2.45) is 0 Å². The molecule has 0 aromatic heterocycles. The van der Waals surface area contributed by atoms with Crippen molar-refractivity contribution in [2.45, 2.75) is 6.54 Å². The Morgan fingerprint density at radius 3 is 2.70 bits per heavy atom. The van der Waals surface area contributed by atoms with E-state index in [1.165, 1.54) is 31.4 Å². The molecular formula is C20H16FIN2O6. The highest BCUT2D eigenvalue weighted by Crippen LogP contribution is 2.34. The number of carboxylic acids is 1. The predicted molar refractivity (Wildman–Crippen MR) is 112 cm³/mol. The summed E-state index contributed by atoms with van der Waals surface area (Å²) in [6, 6.07) is 8.44. The second-order valence-electron chi connectivity index (χ2n) is 6.19. The van der Waals surface area contributed by atoms with Crippen molar-refractivity contribution in [2.75, 3.05) is 13.7 Å². The molecule has 156 valence electrons. The molecule has 2 aromatic carbocycles. The lowest BCUT2D eigenvalue weighted by atomic mass is 10.1. The van der Waals surface area contributed by atoms with E-state index in [9.17, 15) is 18.8 Å². The minimum Gasteiger partial charge on any atom is -0.493 e. The molecule has 3 amide bonds. The van der Waals surface area contributed by atoms with E-state index in [-0.39, 0.29) is 29.3 Å². The minimum atomic E-state index is -1.13. The molecular weight excluding hydrogens is 510 g/mol. The largest absolute Gasteiger partial charge is 0.493 e. The SMILES string of the molecule is COc1cc(/C=C2/NC(=O)N(Cc3ccccc3F)C2=O)cc(I)c1OCC(=O)O. The molecule has 8 nitrogen and oxygen atoms in total. The Kier molecular flexibility index (Phi) is 6.55. The molecule has 2 N–H and O–H groups in total. The van der Waals surface area contributed by atoms with Crippen molar-refractivity contribution in [3.8, 4) is 11.5 Å². The van der Waals surface area contributed by atoms with Crippen molar-refractivity contribution < 1.29 is 33.4 Å². The summed E-state index contributed by atoms with van der Waals surface area (Å²) in [5.41, 5.74) is 0.766. The number of nitrogens with zero attached hydrogens (tertiary/aromatic N) is 1. The number of benzene rings is 2. The summed E-state index contributed by atoms with van der Waals surface area (Å²) in [5.74, 6) is -1.70. The second-order valence-corrected chi connectivity index (χ2v) is 7.35. The van der Waals surface area contributed by atoms with E-state index in [1.54, 1.807) is 18.2 Å². The van der Waals surface area contributed by atoms with E-state index in [2.05, 4.69) is 5.32 Å². The van der Waals surface area contributed by atoms with Crippen LogP contribution in [0.3, 0.4) is 0 Å². The van der Waals surface area contributed by atoms with Gasteiger partial charge in [0, 0.05) is 5.56 Å². The highest BCUT2D eigenvalue weighted by atomic mass is 127. The Labute approximate surface area is 184 Å². The van der Waals surface area contributed by atoms with Crippen molar-refractivity contribution in [1.82, 2.24) is 10.2 Å². The van der Waals surface area contributed by atoms with Crippen LogP contribution in [0.15, 0.2) is 42.1 Å². The first kappa shape index (κ1) is 21.6. The van der Waals surface area contributed by atoms with Gasteiger partial charge in [-0.25, -0.2) is 14.0 Å². The maximum atomic E-state index is 13.9. The molecule has 0 atom stereocenters. The molecule has 0 radical (unpaired) electrons. The number of aliphatic carboxylic acids is 1. The fourth-order valence-electron chi connectivity index (χ4n) is 2.78. The number of ether oxygens (including phenoxy) is 2. The molecule has 1 saturated heterocycles. The number of rotatable bonds is 7. The summed E-state index contributed by atoms with van der Waals surface area (Å²) < 4.78 is 24.9. The number of carbonyl (C=O) groups is 3. The third-order valence-electron chi connectivity index (χ3n) is 4.15. The molecule has 1 aliphatic heterocycles. The van der Waals surface area contributed by atoms with Crippen molar-refractivity contribution in [3.63, 3.8) is 0 Å². The van der Waals surface area contributed by atoms with Crippen LogP contribution in [0, 0.1) is 9.39 Å². The number of hydrogen-bond acceptors (Lipinski definition) is 5. The zero-order valence-corrected chi connectivity index (χ0v) is 17.8. The molecule has 0 spiro atoms. The molecule has 3 rings (SSSR count). The fraction of sp³-hybridized carbons (Fsp3) is 0.150. The smallest absolute Gasteiger partial charge is 0.341 e. The van der Waals surface area contributed by atoms with Crippen LogP contribution in [0.5, 0.6) is 11.5 Å². The Balaban J connectivity index is 1.85. The lowest BCUT2D eigenvalue weighted by Gasteiger charge is -2.13. The molecule has 0 aliphatic carbocycles. The number of nitrogens with one attached hydrogen (secondary N) is 1. The third kappa shape index (κ3) is 4.70. The van der Waals surface area contributed by atoms with Gasteiger partial charge >= 0.3 is 12.0 Å². The van der Waals surface area contributed by atoms with Gasteiger partial charge in [-0.2, -0.15) is 0 Å². The lowest BCUT2D eigenvalue weighted by molar-refractivity contribution is -0.139. The summed E-state index contributed by atoms with van der Waals surface area (Å²) in [7, 11) is 1.40. The molecule has 2 aromatic rings. The van der Waals surface area contributed by atoms with Crippen LogP contribution in [0.1, 0.15) is 11.1 Å². The van der Waals surface area contributed by atoms with Gasteiger partial charge in [0.25, 0.3) is 5.91 Å². The molecule has 30 heavy (non-hydrogen) atoms. The van der Waals surface area contributed by atoms with E-state index < -0.39 is 30.3 Å². The topological polar surface area (TPSA) is 105 Å². The second kappa shape index (κ2) is 9.11. The van der Waals surface area contributed by atoms with Gasteiger partial charge in [0.15, 0.2) is 18.1 Å². The van der Waals surface area contributed by atoms with E-state index in [0.29, 0.717) is 9.13 Å². The maximum absolute atomic E-state index is 13.9. The summed E-state index contributed by atoms with van der Waals surface area (Å²) in [5, 5.41) is 11.3. The van der Waals surface area contributed by atoms with E-state index in [1.807, 2.05) is 22.6 Å². The number of halogens is 2. The summed E-state index contributed by atoms with van der Waals surface area (Å²) in [4.78, 5) is 36.5. The molecule has 1 fully saturated rings. The standard InChI is InChI=1S/C20H16FIN2O6/c1-29-16-8-11(6-14(22)18(16)30-10-17(25)26)7-15-19(27)24(20(28)23-15)9-12-4-2-3-5-13(12)21/h2-8H,9-10H2,1H3,(H,23,28)(H,25,26)/b15-7+. The molecule has 0 saturated carbocycles. The zero-order valence-electron chi connectivity index (χ0n) is 15.6. The van der Waals surface area contributed by atoms with Gasteiger partial charge < -0.3 is 19.9 Å². The molecule has 10 heteroatoms. The van der Waals surface area contributed by atoms with Crippen LogP contribution in [-0.2, 0) is 16.1 Å². The van der Waals surface area contributed by atoms with E-state index in [0.717, 1.165) is 4.90 Å². The van der Waals surface area contributed by atoms with Gasteiger partial charge in [-0.15, -0.1) is 0 Å². The van der Waals surface area contributed by atoms with Crippen LogP contribution < -0.4 is 14.8 Å². The minimum absolute atomic E-state index is 0.0217. The molecule has 0 bridgehead atoms. The third-order valence-corrected chi connectivity index (χ3v) is 4.95. The normalized spacial score (nSPS) is 14.8. The van der Waals surface area contributed by atoms with E-state index >= 15 is 0 Å². The van der Waals surface area contributed by atoms with Gasteiger partial charge in [-0.3, -0.25) is 9.69 Å². The zero-order chi connectivity index (χ0) is 21.8. The number of imide groups is 1. The molecule has 1 heterocycles. The van der Waals surface area contributed by atoms with Gasteiger partial charge in [-0.05, 0) is 52.4 Å². The average molecular weight is 526 g/mol. The summed E-state index contributed by atoms with van der Waals surface area (Å²) >= 11 is 1.95. The van der Waals surface area contributed by atoms with E-state index in [4.69, 9.17) is 14.6 Å². The van der Waals surface area contributed by atoms with Crippen LogP contribution in [0.4, 0.5) is 9.18 Å². The van der Waals surface area contributed by atoms with Gasteiger partial charge in [0.1, 0.15) is 11.5 Å². The monoisotopic (exact) mass is 526 g/mol. The Morgan fingerprint density at radius 1 is 1.30 bits per heavy atom. The number of methoxy groups -OCH3 is 1.